The number of carbonyl (C=O) groups excluding carboxylic acids is 1. The molecule has 1 amide bonds. The van der Waals surface area contributed by atoms with Gasteiger partial charge in [0.05, 0.1) is 17.5 Å². The van der Waals surface area contributed by atoms with Gasteiger partial charge in [0.2, 0.25) is 0 Å². The van der Waals surface area contributed by atoms with Gasteiger partial charge in [0.1, 0.15) is 0 Å². The van der Waals surface area contributed by atoms with E-state index in [4.69, 9.17) is 5.73 Å². The zero-order chi connectivity index (χ0) is 16.7. The number of halogens is 1. The van der Waals surface area contributed by atoms with E-state index >= 15 is 0 Å². The van der Waals surface area contributed by atoms with Crippen LogP contribution >= 0.6 is 0 Å². The van der Waals surface area contributed by atoms with Crippen LogP contribution in [0.1, 0.15) is 16.1 Å². The number of nitrogens with two attached hydrogens (primary N) is 1. The second kappa shape index (κ2) is 5.49. The van der Waals surface area contributed by atoms with E-state index in [-0.39, 0.29) is 5.91 Å². The van der Waals surface area contributed by atoms with E-state index in [0.717, 1.165) is 11.3 Å². The molecular weight excluding hydrogens is 307 g/mol. The van der Waals surface area contributed by atoms with Gasteiger partial charge in [-0.2, -0.15) is 0 Å². The number of amides is 1. The van der Waals surface area contributed by atoms with Gasteiger partial charge in [0.25, 0.3) is 5.91 Å². The molecule has 0 aliphatic carbocycles. The van der Waals surface area contributed by atoms with Gasteiger partial charge in [-0.25, -0.2) is 4.39 Å². The third-order valence-electron chi connectivity index (χ3n) is 4.13. The van der Waals surface area contributed by atoms with Crippen LogP contribution in [0.15, 0.2) is 42.6 Å². The largest absolute Gasteiger partial charge is 0.399 e. The van der Waals surface area contributed by atoms with Crippen molar-refractivity contribution in [3.8, 4) is 22.5 Å². The molecule has 0 unspecified atom stereocenters. The predicted octanol–water partition coefficient (Wildman–Crippen LogP) is 2.75. The molecule has 24 heavy (non-hydrogen) atoms. The van der Waals surface area contributed by atoms with Crippen molar-refractivity contribution in [3.63, 3.8) is 0 Å². The molecule has 0 spiro atoms. The van der Waals surface area contributed by atoms with E-state index in [1.807, 2.05) is 12.1 Å². The van der Waals surface area contributed by atoms with Crippen LogP contribution in [-0.4, -0.2) is 22.4 Å². The summed E-state index contributed by atoms with van der Waals surface area (Å²) in [5.74, 6) is -0.578. The highest BCUT2D eigenvalue weighted by molar-refractivity contribution is 5.97. The minimum atomic E-state index is -0.443. The number of hydrogen-bond donors (Lipinski definition) is 3. The summed E-state index contributed by atoms with van der Waals surface area (Å²) in [5, 5.41) is 2.78. The number of aromatic amines is 1. The maximum Gasteiger partial charge on any atom is 0.253 e. The van der Waals surface area contributed by atoms with Gasteiger partial charge in [-0.3, -0.25) is 9.78 Å². The van der Waals surface area contributed by atoms with Crippen molar-refractivity contribution in [2.45, 2.75) is 6.42 Å². The Morgan fingerprint density at radius 3 is 2.83 bits per heavy atom. The molecule has 1 aliphatic heterocycles. The Morgan fingerprint density at radius 2 is 2.04 bits per heavy atom. The lowest BCUT2D eigenvalue weighted by atomic mass is 10.1. The highest BCUT2D eigenvalue weighted by Crippen LogP contribution is 2.29. The number of nitrogens with one attached hydrogen (secondary N) is 2. The molecule has 2 aromatic heterocycles. The second-order valence-electron chi connectivity index (χ2n) is 5.76. The highest BCUT2D eigenvalue weighted by Gasteiger charge is 2.21. The molecule has 3 aromatic rings. The van der Waals surface area contributed by atoms with E-state index in [1.54, 1.807) is 24.3 Å². The summed E-state index contributed by atoms with van der Waals surface area (Å²) >= 11 is 0. The van der Waals surface area contributed by atoms with Crippen LogP contribution in [0.3, 0.4) is 0 Å². The molecule has 1 aliphatic rings. The number of carbonyl (C=O) groups is 1. The van der Waals surface area contributed by atoms with E-state index in [9.17, 15) is 9.18 Å². The lowest BCUT2D eigenvalue weighted by Gasteiger charge is -2.11. The van der Waals surface area contributed by atoms with Crippen LogP contribution in [0, 0.1) is 5.82 Å². The van der Waals surface area contributed by atoms with Crippen molar-refractivity contribution in [2.75, 3.05) is 12.3 Å². The van der Waals surface area contributed by atoms with Crippen LogP contribution in [-0.2, 0) is 6.42 Å². The maximum atomic E-state index is 14.3. The second-order valence-corrected chi connectivity index (χ2v) is 5.76. The van der Waals surface area contributed by atoms with Crippen molar-refractivity contribution < 1.29 is 9.18 Å². The SMILES string of the molecule is Nc1cccc(-c2cc(-c3cc4c([nH]3)CCNC4=O)c(F)cn2)c1. The normalized spacial score (nSPS) is 13.5. The number of rotatable bonds is 2. The molecule has 3 heterocycles. The molecule has 6 heteroatoms. The van der Waals surface area contributed by atoms with E-state index < -0.39 is 5.82 Å². The number of aromatic nitrogens is 2. The Morgan fingerprint density at radius 1 is 1.17 bits per heavy atom. The van der Waals surface area contributed by atoms with Crippen LogP contribution in [0.25, 0.3) is 22.5 Å². The molecule has 120 valence electrons. The lowest BCUT2D eigenvalue weighted by molar-refractivity contribution is 0.0946. The number of H-pyrrole nitrogens is 1. The average Bonchev–Trinajstić information content (AvgIpc) is 3.01. The van der Waals surface area contributed by atoms with Crippen molar-refractivity contribution in [1.82, 2.24) is 15.3 Å². The summed E-state index contributed by atoms with van der Waals surface area (Å²) in [4.78, 5) is 19.2. The fourth-order valence-electron chi connectivity index (χ4n) is 2.94. The minimum Gasteiger partial charge on any atom is -0.399 e. The van der Waals surface area contributed by atoms with Gasteiger partial charge >= 0.3 is 0 Å². The molecule has 4 N–H and O–H groups in total. The summed E-state index contributed by atoms with van der Waals surface area (Å²) in [6.45, 7) is 0.582. The number of benzene rings is 1. The number of anilines is 1. The predicted molar refractivity (Wildman–Crippen MR) is 89.9 cm³/mol. The maximum absolute atomic E-state index is 14.3. The monoisotopic (exact) mass is 322 g/mol. The number of pyridine rings is 1. The van der Waals surface area contributed by atoms with Crippen molar-refractivity contribution in [1.29, 1.82) is 0 Å². The molecule has 0 saturated carbocycles. The van der Waals surface area contributed by atoms with Crippen molar-refractivity contribution in [2.24, 2.45) is 0 Å². The first-order valence-electron chi connectivity index (χ1n) is 7.64. The minimum absolute atomic E-state index is 0.135. The first-order valence-corrected chi connectivity index (χ1v) is 7.64. The number of fused-ring (bicyclic) bond motifs is 1. The summed E-state index contributed by atoms with van der Waals surface area (Å²) in [5.41, 5.74) is 10.2. The number of hydrogen-bond acceptors (Lipinski definition) is 3. The van der Waals surface area contributed by atoms with Crippen LogP contribution in [0.4, 0.5) is 10.1 Å². The smallest absolute Gasteiger partial charge is 0.253 e. The van der Waals surface area contributed by atoms with Gasteiger partial charge in [-0.1, -0.05) is 12.1 Å². The van der Waals surface area contributed by atoms with Crippen LogP contribution in [0.2, 0.25) is 0 Å². The van der Waals surface area contributed by atoms with E-state index in [1.165, 1.54) is 6.20 Å². The van der Waals surface area contributed by atoms with Crippen LogP contribution < -0.4 is 11.1 Å². The Balaban J connectivity index is 1.81. The van der Waals surface area contributed by atoms with E-state index in [2.05, 4.69) is 15.3 Å². The molecule has 0 bridgehead atoms. The van der Waals surface area contributed by atoms with Gasteiger partial charge in [-0.15, -0.1) is 0 Å². The molecule has 0 fully saturated rings. The Kier molecular flexibility index (Phi) is 3.30. The van der Waals surface area contributed by atoms with Gasteiger partial charge in [0, 0.05) is 41.2 Å². The summed E-state index contributed by atoms with van der Waals surface area (Å²) < 4.78 is 14.3. The van der Waals surface area contributed by atoms with Gasteiger partial charge in [0.15, 0.2) is 5.82 Å². The topological polar surface area (TPSA) is 83.8 Å². The average molecular weight is 322 g/mol. The first-order chi connectivity index (χ1) is 11.6. The van der Waals surface area contributed by atoms with E-state index in [0.29, 0.717) is 41.2 Å². The Labute approximate surface area is 137 Å². The highest BCUT2D eigenvalue weighted by atomic mass is 19.1. The standard InChI is InChI=1S/C18H15FN4O/c19-14-9-22-16(10-2-1-3-11(20)6-10)7-12(14)17-8-13-15(23-17)4-5-21-18(13)24/h1-3,6-9,23H,4-5,20H2,(H,21,24). The molecule has 0 radical (unpaired) electrons. The molecule has 0 saturated heterocycles. The third-order valence-corrected chi connectivity index (χ3v) is 4.13. The summed E-state index contributed by atoms with van der Waals surface area (Å²) in [6, 6.07) is 10.6. The molecule has 4 rings (SSSR count). The molecular formula is C18H15FN4O. The quantitative estimate of drug-likeness (QED) is 0.634. The molecule has 5 nitrogen and oxygen atoms in total. The fraction of sp³-hybridized carbons (Fsp3) is 0.111. The summed E-state index contributed by atoms with van der Waals surface area (Å²) in [7, 11) is 0. The first kappa shape index (κ1) is 14.4. The molecule has 1 aromatic carbocycles. The van der Waals surface area contributed by atoms with Crippen molar-refractivity contribution in [3.05, 3.63) is 59.7 Å². The Bertz CT molecular complexity index is 948. The van der Waals surface area contributed by atoms with Crippen LogP contribution in [0.5, 0.6) is 0 Å². The number of nitrogens with zero attached hydrogens (tertiary/aromatic N) is 1. The third kappa shape index (κ3) is 2.42. The van der Waals surface area contributed by atoms with Gasteiger partial charge < -0.3 is 16.0 Å². The Hall–Kier alpha value is -3.15. The summed E-state index contributed by atoms with van der Waals surface area (Å²) in [6.07, 6.45) is 1.89. The molecule has 0 atom stereocenters. The number of nitrogen functional groups attached to an aromatic ring is 1. The van der Waals surface area contributed by atoms with Crippen molar-refractivity contribution >= 4 is 11.6 Å². The zero-order valence-electron chi connectivity index (χ0n) is 12.8. The lowest BCUT2D eigenvalue weighted by Crippen LogP contribution is -2.31. The fourth-order valence-corrected chi connectivity index (χ4v) is 2.94. The zero-order valence-corrected chi connectivity index (χ0v) is 12.8. The van der Waals surface area contributed by atoms with Gasteiger partial charge in [-0.05, 0) is 24.3 Å².